The van der Waals surface area contributed by atoms with Crippen LogP contribution in [0.25, 0.3) is 0 Å². The first-order valence-electron chi connectivity index (χ1n) is 7.84. The van der Waals surface area contributed by atoms with Crippen molar-refractivity contribution in [2.75, 3.05) is 6.54 Å². The van der Waals surface area contributed by atoms with Gasteiger partial charge in [0, 0.05) is 18.1 Å². The predicted octanol–water partition coefficient (Wildman–Crippen LogP) is 2.44. The van der Waals surface area contributed by atoms with Crippen LogP contribution in [0.15, 0.2) is 11.6 Å². The molecule has 0 bridgehead atoms. The van der Waals surface area contributed by atoms with Gasteiger partial charge in [0.25, 0.3) is 0 Å². The molecule has 2 amide bonds. The first kappa shape index (κ1) is 14.8. The van der Waals surface area contributed by atoms with Gasteiger partial charge in [-0.25, -0.2) is 9.78 Å². The van der Waals surface area contributed by atoms with Gasteiger partial charge < -0.3 is 15.7 Å². The van der Waals surface area contributed by atoms with Gasteiger partial charge in [-0.15, -0.1) is 11.3 Å². The number of carbonyl (C=O) groups is 1. The maximum atomic E-state index is 12.1. The molecule has 2 saturated carbocycles. The highest BCUT2D eigenvalue weighted by molar-refractivity contribution is 7.09. The third-order valence-electron chi connectivity index (χ3n) is 4.40. The van der Waals surface area contributed by atoms with Crippen molar-refractivity contribution in [1.29, 1.82) is 0 Å². The van der Waals surface area contributed by atoms with Gasteiger partial charge in [-0.2, -0.15) is 0 Å². The number of aromatic nitrogens is 1. The number of thiazole rings is 1. The number of aliphatic hydroxyl groups excluding tert-OH is 1. The van der Waals surface area contributed by atoms with Crippen molar-refractivity contribution in [2.45, 2.75) is 50.7 Å². The molecule has 1 aromatic heterocycles. The van der Waals surface area contributed by atoms with E-state index in [4.69, 9.17) is 0 Å². The number of carbonyl (C=O) groups excluding carboxylic acids is 1. The summed E-state index contributed by atoms with van der Waals surface area (Å²) in [5.41, 5.74) is 0. The lowest BCUT2D eigenvalue weighted by molar-refractivity contribution is 0.101. The molecule has 0 aliphatic heterocycles. The van der Waals surface area contributed by atoms with Crippen molar-refractivity contribution in [2.24, 2.45) is 11.8 Å². The number of aliphatic hydroxyl groups is 1. The molecule has 1 aromatic rings. The zero-order chi connectivity index (χ0) is 14.7. The Hall–Kier alpha value is -1.14. The Kier molecular flexibility index (Phi) is 4.75. The van der Waals surface area contributed by atoms with Crippen LogP contribution in [-0.4, -0.2) is 28.8 Å². The second kappa shape index (κ2) is 6.75. The average molecular weight is 309 g/mol. The summed E-state index contributed by atoms with van der Waals surface area (Å²) in [6.45, 7) is 0.651. The van der Waals surface area contributed by atoms with Crippen molar-refractivity contribution in [3.05, 3.63) is 16.6 Å². The Bertz CT molecular complexity index is 461. The highest BCUT2D eigenvalue weighted by Crippen LogP contribution is 2.41. The Labute approximate surface area is 129 Å². The lowest BCUT2D eigenvalue weighted by atomic mass is 9.87. The van der Waals surface area contributed by atoms with Crippen LogP contribution in [0, 0.1) is 11.8 Å². The molecule has 0 radical (unpaired) electrons. The minimum atomic E-state index is -0.192. The topological polar surface area (TPSA) is 74.2 Å². The quantitative estimate of drug-likeness (QED) is 0.782. The summed E-state index contributed by atoms with van der Waals surface area (Å²) in [6.07, 6.45) is 7.78. The van der Waals surface area contributed by atoms with Gasteiger partial charge in [0.15, 0.2) is 0 Å². The molecule has 3 atom stereocenters. The Morgan fingerprint density at radius 2 is 2.29 bits per heavy atom. The summed E-state index contributed by atoms with van der Waals surface area (Å²) < 4.78 is 0. The van der Waals surface area contributed by atoms with Gasteiger partial charge >= 0.3 is 6.03 Å². The third kappa shape index (κ3) is 4.17. The normalized spacial score (nSPS) is 27.1. The maximum Gasteiger partial charge on any atom is 0.315 e. The monoisotopic (exact) mass is 309 g/mol. The second-order valence-electron chi connectivity index (χ2n) is 6.23. The molecule has 3 N–H and O–H groups in total. The molecule has 3 unspecified atom stereocenters. The lowest BCUT2D eigenvalue weighted by Crippen LogP contribution is -2.41. The van der Waals surface area contributed by atoms with E-state index in [-0.39, 0.29) is 18.2 Å². The molecule has 1 heterocycles. The average Bonchev–Trinajstić information content (AvgIpc) is 3.17. The van der Waals surface area contributed by atoms with Crippen LogP contribution in [0.2, 0.25) is 0 Å². The van der Waals surface area contributed by atoms with Gasteiger partial charge in [0.05, 0.1) is 12.1 Å². The maximum absolute atomic E-state index is 12.1. The fourth-order valence-corrected chi connectivity index (χ4v) is 3.86. The van der Waals surface area contributed by atoms with Crippen LogP contribution >= 0.6 is 11.3 Å². The molecule has 0 spiro atoms. The number of amides is 2. The number of nitrogens with zero attached hydrogens (tertiary/aromatic N) is 1. The van der Waals surface area contributed by atoms with Gasteiger partial charge in [0.1, 0.15) is 5.01 Å². The molecule has 6 heteroatoms. The SMILES string of the molecule is O=C(NCC1CCCC(O)C1)NC(c1nccs1)C1CC1. The van der Waals surface area contributed by atoms with Crippen LogP contribution in [0.5, 0.6) is 0 Å². The summed E-state index contributed by atoms with van der Waals surface area (Å²) >= 11 is 1.60. The van der Waals surface area contributed by atoms with Crippen molar-refractivity contribution < 1.29 is 9.90 Å². The Morgan fingerprint density at radius 1 is 1.43 bits per heavy atom. The van der Waals surface area contributed by atoms with E-state index in [2.05, 4.69) is 15.6 Å². The van der Waals surface area contributed by atoms with Crippen LogP contribution in [0.3, 0.4) is 0 Å². The highest BCUT2D eigenvalue weighted by atomic mass is 32.1. The fourth-order valence-electron chi connectivity index (χ4n) is 3.08. The fraction of sp³-hybridized carbons (Fsp3) is 0.733. The summed E-state index contributed by atoms with van der Waals surface area (Å²) in [6, 6.07) is -0.0518. The van der Waals surface area contributed by atoms with E-state index in [9.17, 15) is 9.90 Å². The Balaban J connectivity index is 1.46. The summed E-state index contributed by atoms with van der Waals surface area (Å²) in [5, 5.41) is 18.6. The number of hydrogen-bond acceptors (Lipinski definition) is 4. The number of hydrogen-bond donors (Lipinski definition) is 3. The minimum Gasteiger partial charge on any atom is -0.393 e. The largest absolute Gasteiger partial charge is 0.393 e. The van der Waals surface area contributed by atoms with Crippen molar-refractivity contribution in [3.8, 4) is 0 Å². The first-order chi connectivity index (χ1) is 10.2. The van der Waals surface area contributed by atoms with E-state index in [0.717, 1.165) is 30.7 Å². The van der Waals surface area contributed by atoms with Crippen molar-refractivity contribution in [1.82, 2.24) is 15.6 Å². The van der Waals surface area contributed by atoms with Crippen LogP contribution < -0.4 is 10.6 Å². The Morgan fingerprint density at radius 3 is 2.95 bits per heavy atom. The molecule has 3 rings (SSSR count). The van der Waals surface area contributed by atoms with Crippen molar-refractivity contribution >= 4 is 17.4 Å². The molecular formula is C15H23N3O2S. The van der Waals surface area contributed by atoms with Gasteiger partial charge in [0.2, 0.25) is 0 Å². The second-order valence-corrected chi connectivity index (χ2v) is 7.15. The minimum absolute atomic E-state index is 0.0574. The van der Waals surface area contributed by atoms with Crippen LogP contribution in [0.4, 0.5) is 4.79 Å². The number of nitrogens with one attached hydrogen (secondary N) is 2. The molecule has 0 saturated heterocycles. The first-order valence-corrected chi connectivity index (χ1v) is 8.72. The number of urea groups is 1. The van der Waals surface area contributed by atoms with E-state index in [0.29, 0.717) is 18.4 Å². The lowest BCUT2D eigenvalue weighted by Gasteiger charge is -2.26. The van der Waals surface area contributed by atoms with E-state index in [1.54, 1.807) is 17.5 Å². The molecule has 21 heavy (non-hydrogen) atoms. The van der Waals surface area contributed by atoms with E-state index < -0.39 is 0 Å². The molecular weight excluding hydrogens is 286 g/mol. The molecule has 5 nitrogen and oxygen atoms in total. The third-order valence-corrected chi connectivity index (χ3v) is 5.26. The standard InChI is InChI=1S/C15H23N3O2S/c19-12-3-1-2-10(8-12)9-17-15(20)18-13(11-4-5-11)14-16-6-7-21-14/h6-7,10-13,19H,1-5,8-9H2,(H2,17,18,20). The van der Waals surface area contributed by atoms with E-state index >= 15 is 0 Å². The smallest absolute Gasteiger partial charge is 0.315 e. The summed E-state index contributed by atoms with van der Waals surface area (Å²) in [7, 11) is 0. The highest BCUT2D eigenvalue weighted by Gasteiger charge is 2.35. The van der Waals surface area contributed by atoms with Crippen LogP contribution in [0.1, 0.15) is 49.6 Å². The van der Waals surface area contributed by atoms with Gasteiger partial charge in [-0.1, -0.05) is 6.42 Å². The molecule has 2 fully saturated rings. The van der Waals surface area contributed by atoms with Crippen molar-refractivity contribution in [3.63, 3.8) is 0 Å². The van der Waals surface area contributed by atoms with Gasteiger partial charge in [-0.05, 0) is 43.9 Å². The zero-order valence-corrected chi connectivity index (χ0v) is 12.9. The molecule has 116 valence electrons. The van der Waals surface area contributed by atoms with Crippen LogP contribution in [-0.2, 0) is 0 Å². The summed E-state index contributed by atoms with van der Waals surface area (Å²) in [4.78, 5) is 16.4. The van der Waals surface area contributed by atoms with E-state index in [1.807, 2.05) is 5.38 Å². The molecule has 0 aromatic carbocycles. The summed E-state index contributed by atoms with van der Waals surface area (Å²) in [5.74, 6) is 0.942. The zero-order valence-electron chi connectivity index (χ0n) is 12.1. The predicted molar refractivity (Wildman–Crippen MR) is 82.1 cm³/mol. The molecule has 2 aliphatic rings. The van der Waals surface area contributed by atoms with E-state index in [1.165, 1.54) is 12.8 Å². The van der Waals surface area contributed by atoms with Gasteiger partial charge in [-0.3, -0.25) is 0 Å². The number of rotatable bonds is 5. The molecule has 2 aliphatic carbocycles.